The molecule has 4 aromatic heterocycles. The van der Waals surface area contributed by atoms with E-state index >= 15 is 0 Å². The molecule has 2 amide bonds. The minimum absolute atomic E-state index is 0.0140. The number of piperazine rings is 1. The van der Waals surface area contributed by atoms with Crippen LogP contribution in [0.4, 0.5) is 0 Å². The average Bonchev–Trinajstić information content (AvgIpc) is 3.39. The number of carbonyl (C=O) groups is 2. The number of rotatable bonds is 4. The van der Waals surface area contributed by atoms with Gasteiger partial charge in [-0.2, -0.15) is 0 Å². The Bertz CT molecular complexity index is 1370. The van der Waals surface area contributed by atoms with Gasteiger partial charge in [-0.1, -0.05) is 11.2 Å². The SMILES string of the molecule is Cc1cc(-c2cc(C(=O)N3CCN(C(=O)Cc4ccccn4)CC3)c3c(C)noc3n2)c(C)o1. The molecule has 0 radical (unpaired) electrons. The number of aryl methyl sites for hydroxylation is 3. The van der Waals surface area contributed by atoms with Gasteiger partial charge < -0.3 is 18.7 Å². The number of furan rings is 1. The Kier molecular flexibility index (Phi) is 5.61. The molecule has 174 valence electrons. The van der Waals surface area contributed by atoms with Crippen molar-refractivity contribution in [2.75, 3.05) is 26.2 Å². The summed E-state index contributed by atoms with van der Waals surface area (Å²) in [6, 6.07) is 9.22. The first kappa shape index (κ1) is 21.8. The summed E-state index contributed by atoms with van der Waals surface area (Å²) in [5.41, 5.74) is 3.58. The summed E-state index contributed by atoms with van der Waals surface area (Å²) in [6.07, 6.45) is 1.94. The number of nitrogens with zero attached hydrogens (tertiary/aromatic N) is 5. The fourth-order valence-corrected chi connectivity index (χ4v) is 4.39. The van der Waals surface area contributed by atoms with E-state index in [1.807, 2.05) is 38.1 Å². The highest BCUT2D eigenvalue weighted by Crippen LogP contribution is 2.31. The van der Waals surface area contributed by atoms with E-state index in [1.54, 1.807) is 29.0 Å². The molecule has 1 saturated heterocycles. The quantitative estimate of drug-likeness (QED) is 0.461. The molecule has 0 saturated carbocycles. The molecule has 1 aliphatic rings. The summed E-state index contributed by atoms with van der Waals surface area (Å²) >= 11 is 0. The molecular weight excluding hydrogens is 434 g/mol. The van der Waals surface area contributed by atoms with Gasteiger partial charge in [-0.05, 0) is 45.0 Å². The molecule has 0 aliphatic carbocycles. The Morgan fingerprint density at radius 1 is 1.03 bits per heavy atom. The summed E-state index contributed by atoms with van der Waals surface area (Å²) in [5, 5.41) is 4.64. The van der Waals surface area contributed by atoms with Crippen LogP contribution in [0.2, 0.25) is 0 Å². The van der Waals surface area contributed by atoms with Crippen molar-refractivity contribution in [1.29, 1.82) is 0 Å². The number of hydrogen-bond donors (Lipinski definition) is 0. The van der Waals surface area contributed by atoms with Crippen LogP contribution in [0, 0.1) is 20.8 Å². The largest absolute Gasteiger partial charge is 0.466 e. The molecule has 1 aliphatic heterocycles. The minimum Gasteiger partial charge on any atom is -0.466 e. The maximum atomic E-state index is 13.6. The van der Waals surface area contributed by atoms with E-state index in [2.05, 4.69) is 15.1 Å². The number of amides is 2. The smallest absolute Gasteiger partial charge is 0.259 e. The third-order valence-electron chi connectivity index (χ3n) is 6.14. The van der Waals surface area contributed by atoms with Crippen molar-refractivity contribution in [3.8, 4) is 11.3 Å². The molecule has 5 rings (SSSR count). The lowest BCUT2D eigenvalue weighted by Crippen LogP contribution is -2.51. The summed E-state index contributed by atoms with van der Waals surface area (Å²) in [6.45, 7) is 7.37. The first-order valence-corrected chi connectivity index (χ1v) is 11.2. The fourth-order valence-electron chi connectivity index (χ4n) is 4.39. The highest BCUT2D eigenvalue weighted by molar-refractivity contribution is 6.07. The lowest BCUT2D eigenvalue weighted by Gasteiger charge is -2.35. The molecule has 0 atom stereocenters. The first-order valence-electron chi connectivity index (χ1n) is 11.2. The van der Waals surface area contributed by atoms with Crippen LogP contribution in [0.3, 0.4) is 0 Å². The number of fused-ring (bicyclic) bond motifs is 1. The highest BCUT2D eigenvalue weighted by Gasteiger charge is 2.28. The van der Waals surface area contributed by atoms with Crippen molar-refractivity contribution in [2.45, 2.75) is 27.2 Å². The molecule has 0 unspecified atom stereocenters. The number of pyridine rings is 2. The Hall–Kier alpha value is -4.01. The van der Waals surface area contributed by atoms with Gasteiger partial charge >= 0.3 is 0 Å². The van der Waals surface area contributed by atoms with Crippen LogP contribution in [-0.2, 0) is 11.2 Å². The Morgan fingerprint density at radius 2 is 1.79 bits per heavy atom. The lowest BCUT2D eigenvalue weighted by atomic mass is 10.0. The maximum Gasteiger partial charge on any atom is 0.259 e. The lowest BCUT2D eigenvalue weighted by molar-refractivity contribution is -0.132. The second-order valence-electron chi connectivity index (χ2n) is 8.50. The van der Waals surface area contributed by atoms with Gasteiger partial charge in [0.2, 0.25) is 5.91 Å². The van der Waals surface area contributed by atoms with E-state index in [0.717, 1.165) is 22.8 Å². The molecule has 0 N–H and O–H groups in total. The monoisotopic (exact) mass is 459 g/mol. The van der Waals surface area contributed by atoms with E-state index in [1.165, 1.54) is 0 Å². The average molecular weight is 460 g/mol. The van der Waals surface area contributed by atoms with E-state index in [0.29, 0.717) is 54.2 Å². The predicted molar refractivity (Wildman–Crippen MR) is 124 cm³/mol. The molecule has 9 nitrogen and oxygen atoms in total. The van der Waals surface area contributed by atoms with E-state index < -0.39 is 0 Å². The molecule has 0 bridgehead atoms. The molecule has 5 heterocycles. The molecule has 9 heteroatoms. The Morgan fingerprint density at radius 3 is 2.47 bits per heavy atom. The molecular formula is C25H25N5O4. The van der Waals surface area contributed by atoms with Gasteiger partial charge in [-0.25, -0.2) is 4.98 Å². The zero-order valence-electron chi connectivity index (χ0n) is 19.4. The Balaban J connectivity index is 1.37. The van der Waals surface area contributed by atoms with Gasteiger partial charge in [0, 0.05) is 43.6 Å². The van der Waals surface area contributed by atoms with Crippen LogP contribution in [0.15, 0.2) is 45.5 Å². The number of aromatic nitrogens is 3. The van der Waals surface area contributed by atoms with Gasteiger partial charge in [0.15, 0.2) is 0 Å². The van der Waals surface area contributed by atoms with Crippen LogP contribution in [-0.4, -0.2) is 62.9 Å². The van der Waals surface area contributed by atoms with Gasteiger partial charge in [0.25, 0.3) is 11.6 Å². The van der Waals surface area contributed by atoms with E-state index in [9.17, 15) is 9.59 Å². The number of hydrogen-bond acceptors (Lipinski definition) is 7. The third-order valence-corrected chi connectivity index (χ3v) is 6.14. The highest BCUT2D eigenvalue weighted by atomic mass is 16.5. The molecule has 0 aromatic carbocycles. The van der Waals surface area contributed by atoms with Crippen LogP contribution in [0.5, 0.6) is 0 Å². The second-order valence-corrected chi connectivity index (χ2v) is 8.50. The van der Waals surface area contributed by atoms with Crippen molar-refractivity contribution >= 4 is 22.9 Å². The van der Waals surface area contributed by atoms with Crippen molar-refractivity contribution in [3.05, 3.63) is 65.0 Å². The third kappa shape index (κ3) is 4.05. The maximum absolute atomic E-state index is 13.6. The Labute approximate surface area is 196 Å². The van der Waals surface area contributed by atoms with Gasteiger partial charge in [-0.3, -0.25) is 14.6 Å². The molecule has 34 heavy (non-hydrogen) atoms. The van der Waals surface area contributed by atoms with Crippen molar-refractivity contribution < 1.29 is 18.5 Å². The van der Waals surface area contributed by atoms with Gasteiger partial charge in [0.1, 0.15) is 11.5 Å². The van der Waals surface area contributed by atoms with E-state index in [-0.39, 0.29) is 18.2 Å². The van der Waals surface area contributed by atoms with Crippen molar-refractivity contribution in [2.24, 2.45) is 0 Å². The van der Waals surface area contributed by atoms with Crippen molar-refractivity contribution in [1.82, 2.24) is 24.9 Å². The summed E-state index contributed by atoms with van der Waals surface area (Å²) in [4.78, 5) is 38.6. The molecule has 1 fully saturated rings. The first-order chi connectivity index (χ1) is 16.4. The second kappa shape index (κ2) is 8.74. The minimum atomic E-state index is -0.130. The zero-order valence-corrected chi connectivity index (χ0v) is 19.4. The molecule has 4 aromatic rings. The normalized spacial score (nSPS) is 14.1. The van der Waals surface area contributed by atoms with Crippen LogP contribution in [0.25, 0.3) is 22.4 Å². The topological polar surface area (TPSA) is 106 Å². The zero-order chi connectivity index (χ0) is 23.8. The fraction of sp³-hybridized carbons (Fsp3) is 0.320. The van der Waals surface area contributed by atoms with Gasteiger partial charge in [-0.15, -0.1) is 0 Å². The number of carbonyl (C=O) groups excluding carboxylic acids is 2. The predicted octanol–water partition coefficient (Wildman–Crippen LogP) is 3.33. The molecule has 0 spiro atoms. The summed E-state index contributed by atoms with van der Waals surface area (Å²) in [5.74, 6) is 1.37. The van der Waals surface area contributed by atoms with Gasteiger partial charge in [0.05, 0.1) is 28.8 Å². The van der Waals surface area contributed by atoms with E-state index in [4.69, 9.17) is 8.94 Å². The van der Waals surface area contributed by atoms with Crippen LogP contribution < -0.4 is 0 Å². The van der Waals surface area contributed by atoms with Crippen molar-refractivity contribution in [3.63, 3.8) is 0 Å². The summed E-state index contributed by atoms with van der Waals surface area (Å²) < 4.78 is 11.1. The summed E-state index contributed by atoms with van der Waals surface area (Å²) in [7, 11) is 0. The van der Waals surface area contributed by atoms with Crippen LogP contribution >= 0.6 is 0 Å². The van der Waals surface area contributed by atoms with Crippen LogP contribution in [0.1, 0.15) is 33.3 Å². The standard InChI is InChI=1S/C25H25N5O4/c1-15-12-19(17(3)33-15)21-14-20(23-16(2)28-34-24(23)27-21)25(32)30-10-8-29(9-11-30)22(31)13-18-6-4-5-7-26-18/h4-7,12,14H,8-11,13H2,1-3H3.